The topological polar surface area (TPSA) is 91.1 Å². The maximum atomic E-state index is 12.5. The van der Waals surface area contributed by atoms with Gasteiger partial charge in [0.05, 0.1) is 17.6 Å². The minimum Gasteiger partial charge on any atom is -0.351 e. The second-order valence-corrected chi connectivity index (χ2v) is 7.40. The zero-order valence-corrected chi connectivity index (χ0v) is 14.1. The van der Waals surface area contributed by atoms with E-state index in [9.17, 15) is 13.2 Å². The molecule has 2 aromatic carbocycles. The predicted molar refractivity (Wildman–Crippen MR) is 95.9 cm³/mol. The molecule has 0 atom stereocenters. The van der Waals surface area contributed by atoms with Gasteiger partial charge in [-0.25, -0.2) is 8.42 Å². The van der Waals surface area contributed by atoms with Gasteiger partial charge in [-0.1, -0.05) is 24.3 Å². The summed E-state index contributed by atoms with van der Waals surface area (Å²) in [6.45, 7) is 1.98. The molecule has 0 bridgehead atoms. The van der Waals surface area contributed by atoms with E-state index in [2.05, 4.69) is 15.0 Å². The number of aromatic amines is 1. The van der Waals surface area contributed by atoms with E-state index in [4.69, 9.17) is 0 Å². The van der Waals surface area contributed by atoms with Crippen molar-refractivity contribution >= 4 is 38.2 Å². The number of anilines is 2. The number of hydrogen-bond acceptors (Lipinski definition) is 3. The molecule has 0 spiro atoms. The number of carbonyl (C=O) groups excluding carboxylic acids is 1. The van der Waals surface area contributed by atoms with E-state index in [0.717, 1.165) is 22.7 Å². The van der Waals surface area contributed by atoms with Crippen LogP contribution in [-0.4, -0.2) is 25.6 Å². The van der Waals surface area contributed by atoms with E-state index in [1.807, 2.05) is 25.1 Å². The number of aromatic nitrogens is 1. The van der Waals surface area contributed by atoms with E-state index in [1.165, 1.54) is 0 Å². The minimum atomic E-state index is -3.43. The van der Waals surface area contributed by atoms with Crippen LogP contribution in [0.4, 0.5) is 11.4 Å². The largest absolute Gasteiger partial charge is 0.351 e. The highest BCUT2D eigenvalue weighted by molar-refractivity contribution is 7.92. The van der Waals surface area contributed by atoms with E-state index in [0.29, 0.717) is 17.1 Å². The summed E-state index contributed by atoms with van der Waals surface area (Å²) in [6.07, 6.45) is 1.06. The van der Waals surface area contributed by atoms with E-state index >= 15 is 0 Å². The van der Waals surface area contributed by atoms with Crippen molar-refractivity contribution in [2.45, 2.75) is 6.92 Å². The first kappa shape index (κ1) is 16.1. The Labute approximate surface area is 139 Å². The zero-order chi connectivity index (χ0) is 17.3. The Morgan fingerprint density at radius 1 is 1.04 bits per heavy atom. The Kier molecular flexibility index (Phi) is 4.02. The minimum absolute atomic E-state index is 0.320. The maximum absolute atomic E-state index is 12.5. The molecule has 0 aliphatic carbocycles. The molecule has 0 fully saturated rings. The van der Waals surface area contributed by atoms with Crippen molar-refractivity contribution in [3.8, 4) is 0 Å². The molecular formula is C17H17N3O3S. The van der Waals surface area contributed by atoms with Crippen molar-refractivity contribution in [1.29, 1.82) is 0 Å². The van der Waals surface area contributed by atoms with Crippen LogP contribution in [-0.2, 0) is 10.0 Å². The van der Waals surface area contributed by atoms with Crippen molar-refractivity contribution in [3.05, 3.63) is 59.8 Å². The van der Waals surface area contributed by atoms with Crippen LogP contribution in [0.2, 0.25) is 0 Å². The Morgan fingerprint density at radius 3 is 2.46 bits per heavy atom. The molecule has 1 aromatic heterocycles. The van der Waals surface area contributed by atoms with Gasteiger partial charge in [-0.3, -0.25) is 9.52 Å². The Bertz CT molecular complexity index is 1020. The van der Waals surface area contributed by atoms with Crippen molar-refractivity contribution in [3.63, 3.8) is 0 Å². The van der Waals surface area contributed by atoms with Crippen molar-refractivity contribution in [2.75, 3.05) is 16.3 Å². The Balaban J connectivity index is 1.89. The number of benzene rings is 2. The molecule has 7 heteroatoms. The summed E-state index contributed by atoms with van der Waals surface area (Å²) in [7, 11) is -3.43. The third-order valence-corrected chi connectivity index (χ3v) is 4.08. The summed E-state index contributed by atoms with van der Waals surface area (Å²) < 4.78 is 25.2. The average Bonchev–Trinajstić information content (AvgIpc) is 2.91. The van der Waals surface area contributed by atoms with Crippen molar-refractivity contribution in [1.82, 2.24) is 4.98 Å². The quantitative estimate of drug-likeness (QED) is 0.680. The number of fused-ring (bicyclic) bond motifs is 1. The van der Waals surface area contributed by atoms with Gasteiger partial charge in [-0.2, -0.15) is 0 Å². The van der Waals surface area contributed by atoms with Crippen LogP contribution in [0.3, 0.4) is 0 Å². The van der Waals surface area contributed by atoms with Crippen LogP contribution in [0.25, 0.3) is 10.9 Å². The Hall–Kier alpha value is -2.80. The van der Waals surface area contributed by atoms with Crippen LogP contribution >= 0.6 is 0 Å². The van der Waals surface area contributed by atoms with Gasteiger partial charge < -0.3 is 10.3 Å². The van der Waals surface area contributed by atoms with Crippen molar-refractivity contribution < 1.29 is 13.2 Å². The molecule has 1 heterocycles. The number of sulfonamides is 1. The number of carbonyl (C=O) groups is 1. The highest BCUT2D eigenvalue weighted by Crippen LogP contribution is 2.23. The maximum Gasteiger partial charge on any atom is 0.272 e. The molecule has 24 heavy (non-hydrogen) atoms. The molecule has 0 saturated carbocycles. The number of H-pyrrole nitrogens is 1. The van der Waals surface area contributed by atoms with Gasteiger partial charge in [0.25, 0.3) is 5.91 Å². The van der Waals surface area contributed by atoms with E-state index < -0.39 is 10.0 Å². The van der Waals surface area contributed by atoms with Gasteiger partial charge in [0.15, 0.2) is 0 Å². The normalized spacial score (nSPS) is 11.4. The summed E-state index contributed by atoms with van der Waals surface area (Å²) in [4.78, 5) is 15.5. The first-order chi connectivity index (χ1) is 11.3. The molecule has 0 radical (unpaired) electrons. The molecule has 0 unspecified atom stereocenters. The van der Waals surface area contributed by atoms with Crippen LogP contribution in [0.1, 0.15) is 16.1 Å². The second kappa shape index (κ2) is 6.01. The van der Waals surface area contributed by atoms with Gasteiger partial charge in [-0.15, -0.1) is 0 Å². The van der Waals surface area contributed by atoms with Crippen molar-refractivity contribution in [2.24, 2.45) is 0 Å². The van der Waals surface area contributed by atoms with Gasteiger partial charge in [0.1, 0.15) is 5.69 Å². The molecule has 3 rings (SSSR count). The number of amides is 1. The van der Waals surface area contributed by atoms with E-state index in [1.54, 1.807) is 30.3 Å². The van der Waals surface area contributed by atoms with Crippen LogP contribution in [0.5, 0.6) is 0 Å². The number of hydrogen-bond donors (Lipinski definition) is 3. The molecule has 0 aliphatic rings. The molecule has 1 amide bonds. The van der Waals surface area contributed by atoms with Crippen LogP contribution in [0, 0.1) is 6.92 Å². The molecule has 6 nitrogen and oxygen atoms in total. The van der Waals surface area contributed by atoms with Crippen LogP contribution < -0.4 is 10.0 Å². The SMILES string of the molecule is Cc1ccc2cc(C(=O)Nc3ccccc3NS(C)(=O)=O)[nH]c2c1. The predicted octanol–water partition coefficient (Wildman–Crippen LogP) is 3.10. The van der Waals surface area contributed by atoms with Gasteiger partial charge in [-0.05, 0) is 36.8 Å². The summed E-state index contributed by atoms with van der Waals surface area (Å²) in [6, 6.07) is 14.3. The fourth-order valence-corrected chi connectivity index (χ4v) is 3.01. The average molecular weight is 343 g/mol. The lowest BCUT2D eigenvalue weighted by atomic mass is 10.2. The lowest BCUT2D eigenvalue weighted by molar-refractivity contribution is 0.102. The molecule has 124 valence electrons. The highest BCUT2D eigenvalue weighted by atomic mass is 32.2. The first-order valence-electron chi connectivity index (χ1n) is 7.29. The second-order valence-electron chi connectivity index (χ2n) is 5.65. The third-order valence-electron chi connectivity index (χ3n) is 3.49. The molecular weight excluding hydrogens is 326 g/mol. The van der Waals surface area contributed by atoms with Gasteiger partial charge in [0.2, 0.25) is 10.0 Å². The molecule has 0 aliphatic heterocycles. The summed E-state index contributed by atoms with van der Waals surface area (Å²) in [5, 5.41) is 3.67. The standard InChI is InChI=1S/C17H17N3O3S/c1-11-7-8-12-10-16(18-15(12)9-11)17(21)19-13-5-3-4-6-14(13)20-24(2,22)23/h3-10,18,20H,1-2H3,(H,19,21). The first-order valence-corrected chi connectivity index (χ1v) is 9.18. The Morgan fingerprint density at radius 2 is 1.75 bits per heavy atom. The van der Waals surface area contributed by atoms with Gasteiger partial charge in [0, 0.05) is 10.9 Å². The fourth-order valence-electron chi connectivity index (χ4n) is 2.43. The smallest absolute Gasteiger partial charge is 0.272 e. The highest BCUT2D eigenvalue weighted by Gasteiger charge is 2.13. The zero-order valence-electron chi connectivity index (χ0n) is 13.3. The lowest BCUT2D eigenvalue weighted by Gasteiger charge is -2.11. The lowest BCUT2D eigenvalue weighted by Crippen LogP contribution is -2.16. The number of rotatable bonds is 4. The van der Waals surface area contributed by atoms with E-state index in [-0.39, 0.29) is 5.91 Å². The number of nitrogens with one attached hydrogen (secondary N) is 3. The van der Waals surface area contributed by atoms with Crippen LogP contribution in [0.15, 0.2) is 48.5 Å². The fraction of sp³-hybridized carbons (Fsp3) is 0.118. The number of aryl methyl sites for hydroxylation is 1. The summed E-state index contributed by atoms with van der Waals surface area (Å²) in [5.74, 6) is -0.341. The number of para-hydroxylation sites is 2. The molecule has 3 N–H and O–H groups in total. The third kappa shape index (κ3) is 3.57. The summed E-state index contributed by atoms with van der Waals surface area (Å²) >= 11 is 0. The monoisotopic (exact) mass is 343 g/mol. The molecule has 3 aromatic rings. The van der Waals surface area contributed by atoms with Gasteiger partial charge >= 0.3 is 0 Å². The molecule has 0 saturated heterocycles. The summed E-state index contributed by atoms with van der Waals surface area (Å²) in [5.41, 5.74) is 3.09.